The minimum absolute atomic E-state index is 0.311. The van der Waals surface area contributed by atoms with Crippen molar-refractivity contribution in [3.8, 4) is 17.4 Å². The van der Waals surface area contributed by atoms with Gasteiger partial charge in [-0.05, 0) is 45.0 Å². The summed E-state index contributed by atoms with van der Waals surface area (Å²) in [5, 5.41) is 0. The zero-order valence-corrected chi connectivity index (χ0v) is 14.9. The summed E-state index contributed by atoms with van der Waals surface area (Å²) in [6, 6.07) is 11.1. The van der Waals surface area contributed by atoms with Gasteiger partial charge in [-0.25, -0.2) is 9.78 Å². The molecule has 6 nitrogen and oxygen atoms in total. The molecule has 1 aliphatic rings. The van der Waals surface area contributed by atoms with Crippen LogP contribution in [0.15, 0.2) is 42.6 Å². The predicted octanol–water partition coefficient (Wildman–Crippen LogP) is 4.17. The minimum atomic E-state index is -0.551. The molecule has 0 spiro atoms. The van der Waals surface area contributed by atoms with Crippen molar-refractivity contribution in [2.75, 3.05) is 13.6 Å². The van der Waals surface area contributed by atoms with Gasteiger partial charge in [-0.15, -0.1) is 0 Å². The SMILES string of the molecule is CN(C[C@H]1Oc2ccccc2Oc2ncccc21)C(=O)OC(C)(C)C. The summed E-state index contributed by atoms with van der Waals surface area (Å²) in [6.45, 7) is 5.82. The molecule has 6 heteroatoms. The number of rotatable bonds is 2. The van der Waals surface area contributed by atoms with Gasteiger partial charge < -0.3 is 19.1 Å². The standard InChI is InChI=1S/C19H22N2O4/c1-19(2,3)25-18(22)21(4)12-16-13-8-7-11-20-17(13)24-15-10-6-5-9-14(15)23-16/h5-11,16H,12H2,1-4H3/t16-/m1/s1. The number of aromatic nitrogens is 1. The van der Waals surface area contributed by atoms with Crippen LogP contribution in [0.2, 0.25) is 0 Å². The molecule has 3 rings (SSSR count). The van der Waals surface area contributed by atoms with Crippen LogP contribution in [0.1, 0.15) is 32.4 Å². The average molecular weight is 342 g/mol. The highest BCUT2D eigenvalue weighted by Crippen LogP contribution is 2.40. The van der Waals surface area contributed by atoms with Gasteiger partial charge in [-0.2, -0.15) is 0 Å². The van der Waals surface area contributed by atoms with Crippen LogP contribution < -0.4 is 9.47 Å². The summed E-state index contributed by atoms with van der Waals surface area (Å²) < 4.78 is 17.4. The summed E-state index contributed by atoms with van der Waals surface area (Å²) in [7, 11) is 1.69. The average Bonchev–Trinajstić information content (AvgIpc) is 2.69. The molecule has 2 aromatic rings. The van der Waals surface area contributed by atoms with Crippen LogP contribution in [0, 0.1) is 0 Å². The van der Waals surface area contributed by atoms with Crippen molar-refractivity contribution in [1.82, 2.24) is 9.88 Å². The lowest BCUT2D eigenvalue weighted by molar-refractivity contribution is 0.0227. The lowest BCUT2D eigenvalue weighted by Crippen LogP contribution is -2.37. The van der Waals surface area contributed by atoms with Crippen molar-refractivity contribution in [2.24, 2.45) is 0 Å². The molecule has 1 atom stereocenters. The van der Waals surface area contributed by atoms with Crippen LogP contribution in [0.3, 0.4) is 0 Å². The predicted molar refractivity (Wildman–Crippen MR) is 93.0 cm³/mol. The number of benzene rings is 1. The summed E-state index contributed by atoms with van der Waals surface area (Å²) in [5.41, 5.74) is 0.235. The van der Waals surface area contributed by atoms with Gasteiger partial charge in [-0.3, -0.25) is 0 Å². The lowest BCUT2D eigenvalue weighted by Gasteiger charge is -2.27. The molecule has 2 heterocycles. The number of para-hydroxylation sites is 2. The number of carbonyl (C=O) groups is 1. The molecule has 0 N–H and O–H groups in total. The van der Waals surface area contributed by atoms with E-state index in [0.29, 0.717) is 23.9 Å². The second-order valence-corrected chi connectivity index (χ2v) is 6.91. The highest BCUT2D eigenvalue weighted by molar-refractivity contribution is 5.67. The van der Waals surface area contributed by atoms with E-state index in [1.165, 1.54) is 4.90 Å². The molecule has 0 unspecified atom stereocenters. The van der Waals surface area contributed by atoms with E-state index in [4.69, 9.17) is 14.2 Å². The Balaban J connectivity index is 1.86. The van der Waals surface area contributed by atoms with E-state index >= 15 is 0 Å². The second-order valence-electron chi connectivity index (χ2n) is 6.91. The van der Waals surface area contributed by atoms with E-state index < -0.39 is 17.8 Å². The van der Waals surface area contributed by atoms with Crippen LogP contribution in [-0.2, 0) is 4.74 Å². The molecule has 1 aromatic heterocycles. The van der Waals surface area contributed by atoms with Crippen molar-refractivity contribution in [3.63, 3.8) is 0 Å². The maximum absolute atomic E-state index is 12.3. The van der Waals surface area contributed by atoms with Gasteiger partial charge in [0.25, 0.3) is 0 Å². The monoisotopic (exact) mass is 342 g/mol. The summed E-state index contributed by atoms with van der Waals surface area (Å²) in [6.07, 6.45) is 0.853. The first-order valence-electron chi connectivity index (χ1n) is 8.16. The van der Waals surface area contributed by atoms with Crippen molar-refractivity contribution in [2.45, 2.75) is 32.5 Å². The van der Waals surface area contributed by atoms with Crippen LogP contribution in [-0.4, -0.2) is 35.2 Å². The Morgan fingerprint density at radius 1 is 1.20 bits per heavy atom. The highest BCUT2D eigenvalue weighted by atomic mass is 16.6. The van der Waals surface area contributed by atoms with Crippen molar-refractivity contribution in [1.29, 1.82) is 0 Å². The largest absolute Gasteiger partial charge is 0.480 e. The van der Waals surface area contributed by atoms with E-state index in [2.05, 4.69) is 4.98 Å². The second kappa shape index (κ2) is 6.63. The normalized spacial score (nSPS) is 15.8. The molecule has 132 valence electrons. The Kier molecular flexibility index (Phi) is 4.53. The van der Waals surface area contributed by atoms with Gasteiger partial charge in [0.2, 0.25) is 5.88 Å². The molecular weight excluding hydrogens is 320 g/mol. The van der Waals surface area contributed by atoms with Gasteiger partial charge in [-0.1, -0.05) is 12.1 Å². The zero-order valence-electron chi connectivity index (χ0n) is 14.9. The fraction of sp³-hybridized carbons (Fsp3) is 0.368. The number of nitrogens with zero attached hydrogens (tertiary/aromatic N) is 2. The number of hydrogen-bond donors (Lipinski definition) is 0. The van der Waals surface area contributed by atoms with Crippen LogP contribution in [0.25, 0.3) is 0 Å². The van der Waals surface area contributed by atoms with Crippen molar-refractivity contribution in [3.05, 3.63) is 48.2 Å². The lowest BCUT2D eigenvalue weighted by atomic mass is 10.1. The maximum Gasteiger partial charge on any atom is 0.410 e. The van der Waals surface area contributed by atoms with Gasteiger partial charge in [0.1, 0.15) is 11.7 Å². The quantitative estimate of drug-likeness (QED) is 0.819. The Morgan fingerprint density at radius 3 is 2.64 bits per heavy atom. The molecule has 1 aromatic carbocycles. The topological polar surface area (TPSA) is 60.9 Å². The smallest absolute Gasteiger partial charge is 0.410 e. The molecule has 0 fully saturated rings. The third kappa shape index (κ3) is 4.02. The van der Waals surface area contributed by atoms with E-state index in [1.54, 1.807) is 13.2 Å². The number of likely N-dealkylation sites (N-methyl/N-ethyl adjacent to an activating group) is 1. The van der Waals surface area contributed by atoms with Gasteiger partial charge in [0.05, 0.1) is 12.1 Å². The molecule has 0 radical (unpaired) electrons. The maximum atomic E-state index is 12.3. The Labute approximate surface area is 147 Å². The van der Waals surface area contributed by atoms with Crippen LogP contribution >= 0.6 is 0 Å². The first kappa shape index (κ1) is 17.1. The fourth-order valence-corrected chi connectivity index (χ4v) is 2.49. The van der Waals surface area contributed by atoms with Crippen LogP contribution in [0.5, 0.6) is 17.4 Å². The molecular formula is C19H22N2O4. The third-order valence-electron chi connectivity index (χ3n) is 3.62. The van der Waals surface area contributed by atoms with E-state index in [0.717, 1.165) is 5.56 Å². The number of ether oxygens (including phenoxy) is 3. The van der Waals surface area contributed by atoms with E-state index in [9.17, 15) is 4.79 Å². The third-order valence-corrected chi connectivity index (χ3v) is 3.62. The van der Waals surface area contributed by atoms with Crippen LogP contribution in [0.4, 0.5) is 4.79 Å². The minimum Gasteiger partial charge on any atom is -0.480 e. The number of pyridine rings is 1. The molecule has 0 aliphatic carbocycles. The van der Waals surface area contributed by atoms with Gasteiger partial charge in [0, 0.05) is 13.2 Å². The van der Waals surface area contributed by atoms with Gasteiger partial charge in [0.15, 0.2) is 11.5 Å². The number of fused-ring (bicyclic) bond motifs is 2. The van der Waals surface area contributed by atoms with E-state index in [1.807, 2.05) is 57.2 Å². The van der Waals surface area contributed by atoms with Gasteiger partial charge >= 0.3 is 6.09 Å². The molecule has 25 heavy (non-hydrogen) atoms. The van der Waals surface area contributed by atoms with E-state index in [-0.39, 0.29) is 0 Å². The zero-order chi connectivity index (χ0) is 18.0. The Bertz CT molecular complexity index is 770. The molecule has 1 amide bonds. The Hall–Kier alpha value is -2.76. The molecule has 1 aliphatic heterocycles. The Morgan fingerprint density at radius 2 is 1.92 bits per heavy atom. The molecule has 0 saturated heterocycles. The summed E-state index contributed by atoms with van der Waals surface area (Å²) >= 11 is 0. The number of amides is 1. The molecule has 0 saturated carbocycles. The first-order valence-corrected chi connectivity index (χ1v) is 8.16. The summed E-state index contributed by atoms with van der Waals surface area (Å²) in [4.78, 5) is 18.1. The van der Waals surface area contributed by atoms with Crippen molar-refractivity contribution < 1.29 is 19.0 Å². The number of hydrogen-bond acceptors (Lipinski definition) is 5. The first-order chi connectivity index (χ1) is 11.8. The highest BCUT2D eigenvalue weighted by Gasteiger charge is 2.29. The summed E-state index contributed by atoms with van der Waals surface area (Å²) in [5.74, 6) is 1.70. The molecule has 0 bridgehead atoms. The fourth-order valence-electron chi connectivity index (χ4n) is 2.49. The number of carbonyl (C=O) groups excluding carboxylic acids is 1. The van der Waals surface area contributed by atoms with Crippen molar-refractivity contribution >= 4 is 6.09 Å².